The molecule has 1 aliphatic rings. The van der Waals surface area contributed by atoms with Crippen molar-refractivity contribution in [1.82, 2.24) is 4.90 Å². The van der Waals surface area contributed by atoms with Gasteiger partial charge in [-0.3, -0.25) is 19.3 Å². The smallest absolute Gasteiger partial charge is 0.305 e. The van der Waals surface area contributed by atoms with Gasteiger partial charge in [0.25, 0.3) is 5.91 Å². The van der Waals surface area contributed by atoms with Crippen LogP contribution in [0.25, 0.3) is 0 Å². The Balaban J connectivity index is 2.06. The molecule has 0 atom stereocenters. The molecule has 112 valence electrons. The number of anilines is 1. The van der Waals surface area contributed by atoms with E-state index in [1.807, 2.05) is 0 Å². The van der Waals surface area contributed by atoms with Gasteiger partial charge in [0.05, 0.1) is 12.1 Å². The lowest BCUT2D eigenvalue weighted by molar-refractivity contribution is -0.138. The Morgan fingerprint density at radius 2 is 2.10 bits per heavy atom. The van der Waals surface area contributed by atoms with Crippen LogP contribution in [-0.4, -0.2) is 54.5 Å². The second kappa shape index (κ2) is 6.25. The van der Waals surface area contributed by atoms with Crippen LogP contribution >= 0.6 is 0 Å². The number of likely N-dealkylation sites (N-methyl/N-ethyl adjacent to an activating group) is 1. The third-order valence-corrected chi connectivity index (χ3v) is 3.19. The summed E-state index contributed by atoms with van der Waals surface area (Å²) in [5.74, 6) is -1.03. The lowest BCUT2D eigenvalue weighted by Gasteiger charge is -2.30. The van der Waals surface area contributed by atoms with Crippen molar-refractivity contribution in [3.05, 3.63) is 24.3 Å². The zero-order valence-corrected chi connectivity index (χ0v) is 11.6. The number of aliphatic carboxylic acids is 1. The number of benzene rings is 1. The average molecular weight is 292 g/mol. The van der Waals surface area contributed by atoms with E-state index in [0.29, 0.717) is 11.4 Å². The molecule has 0 unspecified atom stereocenters. The van der Waals surface area contributed by atoms with Gasteiger partial charge in [-0.1, -0.05) is 12.1 Å². The van der Waals surface area contributed by atoms with Gasteiger partial charge in [0.2, 0.25) is 5.91 Å². The van der Waals surface area contributed by atoms with E-state index in [1.165, 1.54) is 16.8 Å². The summed E-state index contributed by atoms with van der Waals surface area (Å²) in [6, 6.07) is 6.98. The summed E-state index contributed by atoms with van der Waals surface area (Å²) in [6.07, 6.45) is -0.129. The molecule has 0 spiro atoms. The SMILES string of the molecule is CN(CCC(=O)O)C(=O)CN1C(=O)COc2ccccc21. The first-order chi connectivity index (χ1) is 9.99. The van der Waals surface area contributed by atoms with Crippen LogP contribution in [0.2, 0.25) is 0 Å². The predicted molar refractivity (Wildman–Crippen MR) is 74.2 cm³/mol. The van der Waals surface area contributed by atoms with E-state index >= 15 is 0 Å². The molecule has 1 N–H and O–H groups in total. The molecular weight excluding hydrogens is 276 g/mol. The Kier molecular flexibility index (Phi) is 4.42. The monoisotopic (exact) mass is 292 g/mol. The molecule has 7 nitrogen and oxygen atoms in total. The van der Waals surface area contributed by atoms with Gasteiger partial charge < -0.3 is 14.7 Å². The summed E-state index contributed by atoms with van der Waals surface area (Å²) in [4.78, 5) is 37.2. The number of hydrogen-bond acceptors (Lipinski definition) is 4. The van der Waals surface area contributed by atoms with Crippen LogP contribution in [0.1, 0.15) is 6.42 Å². The van der Waals surface area contributed by atoms with Gasteiger partial charge in [-0.25, -0.2) is 0 Å². The molecule has 0 aliphatic carbocycles. The summed E-state index contributed by atoms with van der Waals surface area (Å²) >= 11 is 0. The highest BCUT2D eigenvalue weighted by atomic mass is 16.5. The first-order valence-electron chi connectivity index (χ1n) is 6.47. The maximum atomic E-state index is 12.1. The van der Waals surface area contributed by atoms with Gasteiger partial charge in [0, 0.05) is 13.6 Å². The van der Waals surface area contributed by atoms with Gasteiger partial charge >= 0.3 is 5.97 Å². The lowest BCUT2D eigenvalue weighted by atomic mass is 10.2. The molecule has 1 aromatic rings. The van der Waals surface area contributed by atoms with E-state index in [0.717, 1.165) is 0 Å². The van der Waals surface area contributed by atoms with E-state index in [4.69, 9.17) is 9.84 Å². The first kappa shape index (κ1) is 14.8. The van der Waals surface area contributed by atoms with Crippen LogP contribution in [-0.2, 0) is 14.4 Å². The quantitative estimate of drug-likeness (QED) is 0.846. The Bertz CT molecular complexity index is 572. The molecule has 1 aromatic carbocycles. The van der Waals surface area contributed by atoms with E-state index in [1.54, 1.807) is 24.3 Å². The number of nitrogens with zero attached hydrogens (tertiary/aromatic N) is 2. The van der Waals surface area contributed by atoms with Gasteiger partial charge in [-0.2, -0.15) is 0 Å². The van der Waals surface area contributed by atoms with Gasteiger partial charge in [0.1, 0.15) is 12.3 Å². The van der Waals surface area contributed by atoms with E-state index in [2.05, 4.69) is 0 Å². The molecule has 1 heterocycles. The molecule has 0 bridgehead atoms. The fourth-order valence-electron chi connectivity index (χ4n) is 1.97. The van der Waals surface area contributed by atoms with Crippen molar-refractivity contribution >= 4 is 23.5 Å². The number of fused-ring (bicyclic) bond motifs is 1. The van der Waals surface area contributed by atoms with Crippen molar-refractivity contribution in [2.24, 2.45) is 0 Å². The highest BCUT2D eigenvalue weighted by Gasteiger charge is 2.27. The number of rotatable bonds is 5. The Labute approximate surface area is 121 Å². The zero-order valence-electron chi connectivity index (χ0n) is 11.6. The molecule has 0 saturated heterocycles. The minimum absolute atomic E-state index is 0.105. The maximum absolute atomic E-state index is 12.1. The summed E-state index contributed by atoms with van der Waals surface area (Å²) in [5, 5.41) is 8.62. The summed E-state index contributed by atoms with van der Waals surface area (Å²) in [5.41, 5.74) is 0.550. The minimum atomic E-state index is -0.970. The molecular formula is C14H16N2O5. The normalized spacial score (nSPS) is 13.4. The van der Waals surface area contributed by atoms with Gasteiger partial charge in [-0.05, 0) is 12.1 Å². The van der Waals surface area contributed by atoms with E-state index in [9.17, 15) is 14.4 Å². The van der Waals surface area contributed by atoms with Crippen molar-refractivity contribution in [2.75, 3.05) is 31.6 Å². The van der Waals surface area contributed by atoms with Crippen molar-refractivity contribution in [3.63, 3.8) is 0 Å². The van der Waals surface area contributed by atoms with Crippen molar-refractivity contribution in [2.45, 2.75) is 6.42 Å². The van der Waals surface area contributed by atoms with Crippen molar-refractivity contribution < 1.29 is 24.2 Å². The van der Waals surface area contributed by atoms with Crippen LogP contribution in [0, 0.1) is 0 Å². The standard InChI is InChI=1S/C14H16N2O5/c1-15(7-6-14(19)20)12(17)8-16-10-4-2-3-5-11(10)21-9-13(16)18/h2-5H,6-9H2,1H3,(H,19,20). The van der Waals surface area contributed by atoms with E-state index < -0.39 is 5.97 Å². The fraction of sp³-hybridized carbons (Fsp3) is 0.357. The molecule has 0 radical (unpaired) electrons. The molecule has 21 heavy (non-hydrogen) atoms. The van der Waals surface area contributed by atoms with Crippen molar-refractivity contribution in [3.8, 4) is 5.75 Å². The van der Waals surface area contributed by atoms with Crippen LogP contribution in [0.4, 0.5) is 5.69 Å². The topological polar surface area (TPSA) is 87.2 Å². The number of ether oxygens (including phenoxy) is 1. The molecule has 2 rings (SSSR count). The van der Waals surface area contributed by atoms with Crippen LogP contribution in [0.5, 0.6) is 5.75 Å². The van der Waals surface area contributed by atoms with Gasteiger partial charge in [-0.15, -0.1) is 0 Å². The van der Waals surface area contributed by atoms with E-state index in [-0.39, 0.29) is 37.9 Å². The molecule has 0 saturated carbocycles. The van der Waals surface area contributed by atoms with Crippen LogP contribution < -0.4 is 9.64 Å². The number of amides is 2. The maximum Gasteiger partial charge on any atom is 0.305 e. The number of para-hydroxylation sites is 2. The average Bonchev–Trinajstić information content (AvgIpc) is 2.47. The third-order valence-electron chi connectivity index (χ3n) is 3.19. The van der Waals surface area contributed by atoms with Gasteiger partial charge in [0.15, 0.2) is 6.61 Å². The highest BCUT2D eigenvalue weighted by Crippen LogP contribution is 2.31. The van der Waals surface area contributed by atoms with Crippen LogP contribution in [0.15, 0.2) is 24.3 Å². The number of hydrogen-bond donors (Lipinski definition) is 1. The minimum Gasteiger partial charge on any atom is -0.482 e. The Morgan fingerprint density at radius 1 is 1.38 bits per heavy atom. The van der Waals surface area contributed by atoms with Crippen LogP contribution in [0.3, 0.4) is 0 Å². The number of carboxylic acid groups (broad SMARTS) is 1. The third kappa shape index (κ3) is 3.50. The number of carboxylic acids is 1. The largest absolute Gasteiger partial charge is 0.482 e. The summed E-state index contributed by atoms with van der Waals surface area (Å²) in [7, 11) is 1.52. The van der Waals surface area contributed by atoms with Crippen molar-refractivity contribution in [1.29, 1.82) is 0 Å². The highest BCUT2D eigenvalue weighted by molar-refractivity contribution is 6.02. The molecule has 2 amide bonds. The fourth-order valence-corrected chi connectivity index (χ4v) is 1.97. The molecule has 0 fully saturated rings. The molecule has 0 aromatic heterocycles. The second-order valence-corrected chi connectivity index (χ2v) is 4.70. The lowest BCUT2D eigenvalue weighted by Crippen LogP contribution is -2.45. The molecule has 7 heteroatoms. The predicted octanol–water partition coefficient (Wildman–Crippen LogP) is 0.345. The first-order valence-corrected chi connectivity index (χ1v) is 6.47. The second-order valence-electron chi connectivity index (χ2n) is 4.70. The Morgan fingerprint density at radius 3 is 2.81 bits per heavy atom. The Hall–Kier alpha value is -2.57. The summed E-state index contributed by atoms with van der Waals surface area (Å²) in [6.45, 7) is -0.132. The summed E-state index contributed by atoms with van der Waals surface area (Å²) < 4.78 is 5.29. The number of carbonyl (C=O) groups excluding carboxylic acids is 2. The number of carbonyl (C=O) groups is 3. The zero-order chi connectivity index (χ0) is 15.4. The molecule has 1 aliphatic heterocycles.